The number of fused-ring (bicyclic) bond motifs is 2. The maximum absolute atomic E-state index is 13.1. The summed E-state index contributed by atoms with van der Waals surface area (Å²) in [6.45, 7) is 2.55. The van der Waals surface area contributed by atoms with Crippen molar-refractivity contribution < 1.29 is 9.18 Å². The van der Waals surface area contributed by atoms with Crippen LogP contribution in [-0.4, -0.2) is 32.1 Å². The molecule has 0 bridgehead atoms. The van der Waals surface area contributed by atoms with Crippen molar-refractivity contribution in [2.45, 2.75) is 19.5 Å². The molecule has 0 atom stereocenters. The van der Waals surface area contributed by atoms with Crippen molar-refractivity contribution in [2.24, 2.45) is 0 Å². The van der Waals surface area contributed by atoms with Gasteiger partial charge in [0, 0.05) is 47.1 Å². The number of nitrogens with zero attached hydrogens (tertiary/aromatic N) is 4. The van der Waals surface area contributed by atoms with Crippen LogP contribution in [-0.2, 0) is 19.5 Å². The van der Waals surface area contributed by atoms with E-state index in [2.05, 4.69) is 26.4 Å². The molecule has 0 saturated carbocycles. The first-order valence-corrected chi connectivity index (χ1v) is 9.46. The highest BCUT2D eigenvalue weighted by molar-refractivity contribution is 5.97. The number of hydrogen-bond donors (Lipinski definition) is 1. The number of benzene rings is 1. The molecule has 0 amide bonds. The molecule has 5 rings (SSSR count). The first-order chi connectivity index (χ1) is 14.2. The predicted molar refractivity (Wildman–Crippen MR) is 107 cm³/mol. The molecule has 4 aromatic rings. The van der Waals surface area contributed by atoms with Crippen LogP contribution in [0.3, 0.4) is 0 Å². The third-order valence-corrected chi connectivity index (χ3v) is 5.18. The van der Waals surface area contributed by atoms with E-state index in [4.69, 9.17) is 0 Å². The fourth-order valence-corrected chi connectivity index (χ4v) is 3.65. The number of hydrogen-bond acceptors (Lipinski definition) is 5. The number of pyridine rings is 2. The number of nitrogens with one attached hydrogen (secondary N) is 1. The molecule has 1 aliphatic heterocycles. The monoisotopic (exact) mass is 387 g/mol. The second-order valence-corrected chi connectivity index (χ2v) is 7.10. The highest BCUT2D eigenvalue weighted by Gasteiger charge is 2.16. The average Bonchev–Trinajstić information content (AvgIpc) is 3.18. The fourth-order valence-electron chi connectivity index (χ4n) is 3.65. The van der Waals surface area contributed by atoms with Crippen molar-refractivity contribution in [3.05, 3.63) is 77.8 Å². The van der Waals surface area contributed by atoms with Crippen molar-refractivity contribution in [1.82, 2.24) is 25.1 Å². The summed E-state index contributed by atoms with van der Waals surface area (Å²) < 4.78 is 15.1. The number of aromatic nitrogens is 4. The van der Waals surface area contributed by atoms with E-state index < -0.39 is 0 Å². The predicted octanol–water partition coefficient (Wildman–Crippen LogP) is 3.16. The van der Waals surface area contributed by atoms with E-state index >= 15 is 0 Å². The summed E-state index contributed by atoms with van der Waals surface area (Å²) in [5.74, 6) is -0.459. The Morgan fingerprint density at radius 3 is 2.83 bits per heavy atom. The lowest BCUT2D eigenvalue weighted by Gasteiger charge is -2.16. The molecular formula is C22H18FN5O. The molecule has 7 heteroatoms. The van der Waals surface area contributed by atoms with Gasteiger partial charge in [-0.2, -0.15) is 5.10 Å². The standard InChI is InChI=1S/C22H18FN5O/c23-17-3-1-14(2-4-17)22(29)9-18-8-15-7-16(10-26-20(15)12-25-18)19-11-27-28-6-5-24-13-21(19)28/h1-4,7-8,10-12,24H,5-6,9,13H2. The van der Waals surface area contributed by atoms with Gasteiger partial charge in [-0.1, -0.05) is 0 Å². The molecule has 29 heavy (non-hydrogen) atoms. The van der Waals surface area contributed by atoms with Gasteiger partial charge < -0.3 is 5.32 Å². The van der Waals surface area contributed by atoms with Gasteiger partial charge in [0.25, 0.3) is 0 Å². The van der Waals surface area contributed by atoms with Crippen molar-refractivity contribution in [1.29, 1.82) is 0 Å². The van der Waals surface area contributed by atoms with Crippen LogP contribution >= 0.6 is 0 Å². The number of carbonyl (C=O) groups is 1. The van der Waals surface area contributed by atoms with Crippen molar-refractivity contribution in [3.63, 3.8) is 0 Å². The molecule has 0 radical (unpaired) electrons. The molecule has 0 spiro atoms. The summed E-state index contributed by atoms with van der Waals surface area (Å²) in [7, 11) is 0. The van der Waals surface area contributed by atoms with E-state index in [0.717, 1.165) is 47.4 Å². The van der Waals surface area contributed by atoms with E-state index in [1.807, 2.05) is 23.1 Å². The molecular weight excluding hydrogens is 369 g/mol. The summed E-state index contributed by atoms with van der Waals surface area (Å²) >= 11 is 0. The number of rotatable bonds is 4. The third-order valence-electron chi connectivity index (χ3n) is 5.18. The topological polar surface area (TPSA) is 72.7 Å². The normalized spacial score (nSPS) is 13.4. The summed E-state index contributed by atoms with van der Waals surface area (Å²) in [5.41, 5.74) is 5.10. The molecule has 0 unspecified atom stereocenters. The molecule has 0 fully saturated rings. The zero-order chi connectivity index (χ0) is 19.8. The third kappa shape index (κ3) is 3.40. The zero-order valence-electron chi connectivity index (χ0n) is 15.6. The maximum Gasteiger partial charge on any atom is 0.168 e. The Morgan fingerprint density at radius 1 is 1.10 bits per heavy atom. The summed E-state index contributed by atoms with van der Waals surface area (Å²) in [6.07, 6.45) is 5.55. The van der Waals surface area contributed by atoms with Crippen LogP contribution < -0.4 is 5.32 Å². The Morgan fingerprint density at radius 2 is 1.97 bits per heavy atom. The van der Waals surface area contributed by atoms with Crippen molar-refractivity contribution in [3.8, 4) is 11.1 Å². The minimum Gasteiger partial charge on any atom is -0.309 e. The molecule has 1 aliphatic rings. The second kappa shape index (κ2) is 7.18. The smallest absolute Gasteiger partial charge is 0.168 e. The highest BCUT2D eigenvalue weighted by atomic mass is 19.1. The lowest BCUT2D eigenvalue weighted by atomic mass is 10.0. The summed E-state index contributed by atoms with van der Waals surface area (Å²) in [6, 6.07) is 9.52. The van der Waals surface area contributed by atoms with Gasteiger partial charge in [0.15, 0.2) is 5.78 Å². The van der Waals surface area contributed by atoms with E-state index in [-0.39, 0.29) is 18.0 Å². The molecule has 0 aliphatic carbocycles. The van der Waals surface area contributed by atoms with E-state index in [1.165, 1.54) is 24.3 Å². The Kier molecular flexibility index (Phi) is 4.37. The lowest BCUT2D eigenvalue weighted by molar-refractivity contribution is 0.0992. The molecule has 144 valence electrons. The van der Waals surface area contributed by atoms with Gasteiger partial charge >= 0.3 is 0 Å². The van der Waals surface area contributed by atoms with Crippen LogP contribution in [0.4, 0.5) is 4.39 Å². The van der Waals surface area contributed by atoms with Crippen LogP contribution in [0.15, 0.2) is 55.0 Å². The maximum atomic E-state index is 13.1. The summed E-state index contributed by atoms with van der Waals surface area (Å²) in [4.78, 5) is 21.4. The van der Waals surface area contributed by atoms with Crippen LogP contribution in [0.25, 0.3) is 22.0 Å². The molecule has 1 aromatic carbocycles. The van der Waals surface area contributed by atoms with Crippen LogP contribution in [0.2, 0.25) is 0 Å². The zero-order valence-corrected chi connectivity index (χ0v) is 15.6. The van der Waals surface area contributed by atoms with Crippen LogP contribution in [0.5, 0.6) is 0 Å². The van der Waals surface area contributed by atoms with Crippen LogP contribution in [0.1, 0.15) is 21.7 Å². The Bertz CT molecular complexity index is 1220. The SMILES string of the molecule is O=C(Cc1cc2cc(-c3cnn4c3CNCC4)cnc2cn1)c1ccc(F)cc1. The highest BCUT2D eigenvalue weighted by Crippen LogP contribution is 2.27. The van der Waals surface area contributed by atoms with Crippen molar-refractivity contribution in [2.75, 3.05) is 6.54 Å². The van der Waals surface area contributed by atoms with Gasteiger partial charge in [0.1, 0.15) is 5.82 Å². The molecule has 0 saturated heterocycles. The fraction of sp³-hybridized carbons (Fsp3) is 0.182. The molecule has 4 heterocycles. The van der Waals surface area contributed by atoms with E-state index in [9.17, 15) is 9.18 Å². The van der Waals surface area contributed by atoms with Crippen molar-refractivity contribution >= 4 is 16.7 Å². The van der Waals surface area contributed by atoms with E-state index in [0.29, 0.717) is 11.3 Å². The lowest BCUT2D eigenvalue weighted by Crippen LogP contribution is -2.28. The summed E-state index contributed by atoms with van der Waals surface area (Å²) in [5, 5.41) is 8.77. The van der Waals surface area contributed by atoms with Gasteiger partial charge in [-0.05, 0) is 36.4 Å². The quantitative estimate of drug-likeness (QED) is 0.545. The molecule has 1 N–H and O–H groups in total. The van der Waals surface area contributed by atoms with Gasteiger partial charge in [0.05, 0.1) is 36.6 Å². The van der Waals surface area contributed by atoms with Crippen LogP contribution in [0, 0.1) is 5.82 Å². The second-order valence-electron chi connectivity index (χ2n) is 7.10. The minimum absolute atomic E-state index is 0.0993. The van der Waals surface area contributed by atoms with Gasteiger partial charge in [-0.15, -0.1) is 0 Å². The first kappa shape index (κ1) is 17.6. The minimum atomic E-state index is -0.360. The van der Waals surface area contributed by atoms with Gasteiger partial charge in [0.2, 0.25) is 0 Å². The van der Waals surface area contributed by atoms with Gasteiger partial charge in [-0.3, -0.25) is 19.4 Å². The Balaban J connectivity index is 1.46. The van der Waals surface area contributed by atoms with Gasteiger partial charge in [-0.25, -0.2) is 4.39 Å². The molecule has 6 nitrogen and oxygen atoms in total. The Hall–Kier alpha value is -3.45. The number of halogens is 1. The number of Topliss-reactive ketones (excluding diaryl/α,β-unsaturated/α-hetero) is 1. The number of carbonyl (C=O) groups excluding carboxylic acids is 1. The largest absolute Gasteiger partial charge is 0.309 e. The Labute approximate surface area is 166 Å². The first-order valence-electron chi connectivity index (χ1n) is 9.46. The average molecular weight is 387 g/mol. The van der Waals surface area contributed by atoms with E-state index in [1.54, 1.807) is 6.20 Å². The number of ketones is 1. The molecule has 3 aromatic heterocycles.